The molecule has 1 fully saturated rings. The van der Waals surface area contributed by atoms with Crippen molar-refractivity contribution >= 4 is 23.3 Å². The molecule has 31 heavy (non-hydrogen) atoms. The van der Waals surface area contributed by atoms with Crippen LogP contribution in [-0.4, -0.2) is 36.2 Å². The van der Waals surface area contributed by atoms with E-state index in [0.717, 1.165) is 12.8 Å². The summed E-state index contributed by atoms with van der Waals surface area (Å²) in [6, 6.07) is 13.9. The molecule has 162 valence electrons. The van der Waals surface area contributed by atoms with Gasteiger partial charge in [0.2, 0.25) is 0 Å². The van der Waals surface area contributed by atoms with Gasteiger partial charge in [-0.05, 0) is 55.2 Å². The first-order chi connectivity index (χ1) is 15.0. The van der Waals surface area contributed by atoms with Gasteiger partial charge in [-0.3, -0.25) is 4.79 Å². The Morgan fingerprint density at radius 3 is 2.65 bits per heavy atom. The van der Waals surface area contributed by atoms with E-state index in [1.54, 1.807) is 29.2 Å². The highest BCUT2D eigenvalue weighted by Gasteiger charge is 2.31. The second kappa shape index (κ2) is 9.20. The molecule has 1 atom stereocenters. The molecule has 2 aliphatic rings. The lowest BCUT2D eigenvalue weighted by atomic mass is 10.1. The highest BCUT2D eigenvalue weighted by Crippen LogP contribution is 2.35. The van der Waals surface area contributed by atoms with Crippen LogP contribution in [0.4, 0.5) is 15.8 Å². The van der Waals surface area contributed by atoms with Gasteiger partial charge in [0.15, 0.2) is 6.10 Å². The van der Waals surface area contributed by atoms with Crippen LogP contribution in [0.25, 0.3) is 0 Å². The summed E-state index contributed by atoms with van der Waals surface area (Å²) in [5.74, 6) is -0.729. The Morgan fingerprint density at radius 1 is 1.19 bits per heavy atom. The van der Waals surface area contributed by atoms with Crippen LogP contribution in [0, 0.1) is 5.92 Å². The number of anilines is 2. The molecule has 1 aliphatic heterocycles. The fraction of sp³-hybridized carbons (Fsp3) is 0.333. The molecule has 7 heteroatoms. The van der Waals surface area contributed by atoms with Crippen LogP contribution in [-0.2, 0) is 4.79 Å². The summed E-state index contributed by atoms with van der Waals surface area (Å²) in [4.78, 5) is 26.6. The van der Waals surface area contributed by atoms with Crippen LogP contribution in [0.15, 0.2) is 60.4 Å². The normalized spacial score (nSPS) is 16.9. The monoisotopic (exact) mass is 424 g/mol. The maximum Gasteiger partial charge on any atom is 0.337 e. The van der Waals surface area contributed by atoms with Gasteiger partial charge in [-0.1, -0.05) is 31.0 Å². The number of carboxylic acids is 1. The van der Waals surface area contributed by atoms with Gasteiger partial charge in [0.1, 0.15) is 11.6 Å². The van der Waals surface area contributed by atoms with Crippen molar-refractivity contribution in [3.05, 3.63) is 66.0 Å². The molecule has 2 N–H and O–H groups in total. The number of carboxylic acid groups (broad SMARTS) is 1. The standard InChI is InChI=1S/C24H25FN2O4/c25-17-5-4-12-27(15-17)18-10-11-21(20(14-18)24(29)30)26-23(28)22(13-16-8-9-16)31-19-6-2-1-3-7-19/h1-3,5-7,10-11,14,16,22H,4,8-9,12-13,15H2,(H,26,28)(H,29,30)/t22-/m0/s1. The van der Waals surface area contributed by atoms with Crippen molar-refractivity contribution in [1.82, 2.24) is 0 Å². The number of rotatable bonds is 8. The molecule has 1 amide bonds. The third-order valence-corrected chi connectivity index (χ3v) is 5.52. The summed E-state index contributed by atoms with van der Waals surface area (Å²) in [6.07, 6.45) is 4.11. The molecule has 4 rings (SSSR count). The Morgan fingerprint density at radius 2 is 1.97 bits per heavy atom. The summed E-state index contributed by atoms with van der Waals surface area (Å²) in [6.45, 7) is 0.714. The van der Waals surface area contributed by atoms with Gasteiger partial charge in [-0.2, -0.15) is 0 Å². The molecule has 0 spiro atoms. The molecular weight excluding hydrogens is 399 g/mol. The maximum absolute atomic E-state index is 13.6. The van der Waals surface area contributed by atoms with Crippen molar-refractivity contribution in [3.8, 4) is 5.75 Å². The highest BCUT2D eigenvalue weighted by molar-refractivity contribution is 6.02. The third-order valence-electron chi connectivity index (χ3n) is 5.52. The van der Waals surface area contributed by atoms with E-state index >= 15 is 0 Å². The number of nitrogens with zero attached hydrogens (tertiary/aromatic N) is 1. The van der Waals surface area contributed by atoms with Crippen molar-refractivity contribution < 1.29 is 23.8 Å². The number of benzene rings is 2. The minimum Gasteiger partial charge on any atom is -0.481 e. The number of carbonyl (C=O) groups excluding carboxylic acids is 1. The average molecular weight is 424 g/mol. The quantitative estimate of drug-likeness (QED) is 0.646. The topological polar surface area (TPSA) is 78.9 Å². The van der Waals surface area contributed by atoms with Crippen molar-refractivity contribution in [2.45, 2.75) is 31.8 Å². The molecule has 1 aliphatic carbocycles. The first-order valence-electron chi connectivity index (χ1n) is 10.5. The lowest BCUT2D eigenvalue weighted by molar-refractivity contribution is -0.123. The highest BCUT2D eigenvalue weighted by atomic mass is 19.1. The number of nitrogens with one attached hydrogen (secondary N) is 1. The zero-order chi connectivity index (χ0) is 21.8. The summed E-state index contributed by atoms with van der Waals surface area (Å²) in [5, 5.41) is 12.4. The van der Waals surface area contributed by atoms with Crippen LogP contribution in [0.3, 0.4) is 0 Å². The predicted octanol–water partition coefficient (Wildman–Crippen LogP) is 4.63. The van der Waals surface area contributed by atoms with E-state index < -0.39 is 12.1 Å². The third kappa shape index (κ3) is 5.42. The lowest BCUT2D eigenvalue weighted by Crippen LogP contribution is -2.34. The molecule has 0 unspecified atom stereocenters. The molecule has 2 aromatic rings. The zero-order valence-electron chi connectivity index (χ0n) is 17.1. The predicted molar refractivity (Wildman–Crippen MR) is 116 cm³/mol. The van der Waals surface area contributed by atoms with Gasteiger partial charge >= 0.3 is 5.97 Å². The van der Waals surface area contributed by atoms with Crippen molar-refractivity contribution in [3.63, 3.8) is 0 Å². The number of halogens is 1. The summed E-state index contributed by atoms with van der Waals surface area (Å²) < 4.78 is 19.6. The van der Waals surface area contributed by atoms with Crippen LogP contribution in [0.1, 0.15) is 36.0 Å². The molecule has 1 heterocycles. The molecule has 1 saturated carbocycles. The van der Waals surface area contributed by atoms with Gasteiger partial charge in [-0.15, -0.1) is 0 Å². The van der Waals surface area contributed by atoms with E-state index in [4.69, 9.17) is 4.74 Å². The summed E-state index contributed by atoms with van der Waals surface area (Å²) >= 11 is 0. The summed E-state index contributed by atoms with van der Waals surface area (Å²) in [5.41, 5.74) is 0.770. The molecule has 0 aromatic heterocycles. The SMILES string of the molecule is O=C(O)c1cc(N2CCC=C(F)C2)ccc1NC(=O)[C@H](CC1CC1)Oc1ccccc1. The van der Waals surface area contributed by atoms with Crippen molar-refractivity contribution in [2.75, 3.05) is 23.3 Å². The Bertz CT molecular complexity index is 988. The number of amides is 1. The Labute approximate surface area is 180 Å². The first kappa shape index (κ1) is 20.9. The van der Waals surface area contributed by atoms with Crippen molar-refractivity contribution in [2.24, 2.45) is 5.92 Å². The van der Waals surface area contributed by atoms with Crippen LogP contribution >= 0.6 is 0 Å². The van der Waals surface area contributed by atoms with Gasteiger partial charge < -0.3 is 20.1 Å². The number of carbonyl (C=O) groups is 2. The Balaban J connectivity index is 1.52. The minimum absolute atomic E-state index is 0.0364. The molecule has 2 aromatic carbocycles. The van der Waals surface area contributed by atoms with Crippen LogP contribution in [0.5, 0.6) is 5.75 Å². The largest absolute Gasteiger partial charge is 0.481 e. The average Bonchev–Trinajstić information content (AvgIpc) is 3.58. The fourth-order valence-electron chi connectivity index (χ4n) is 3.68. The van der Waals surface area contributed by atoms with E-state index in [-0.39, 0.29) is 29.5 Å². The fourth-order valence-corrected chi connectivity index (χ4v) is 3.68. The summed E-state index contributed by atoms with van der Waals surface area (Å²) in [7, 11) is 0. The molecule has 0 saturated heterocycles. The molecule has 0 bridgehead atoms. The number of aromatic carboxylic acids is 1. The van der Waals surface area contributed by atoms with Crippen LogP contribution in [0.2, 0.25) is 0 Å². The molecular formula is C24H25FN2O4. The second-order valence-electron chi connectivity index (χ2n) is 7.98. The van der Waals surface area contributed by atoms with E-state index in [1.165, 1.54) is 12.1 Å². The Kier molecular flexibility index (Phi) is 6.21. The van der Waals surface area contributed by atoms with E-state index in [0.29, 0.717) is 36.7 Å². The van der Waals surface area contributed by atoms with Crippen LogP contribution < -0.4 is 15.0 Å². The Hall–Kier alpha value is -3.35. The maximum atomic E-state index is 13.6. The van der Waals surface area contributed by atoms with Gasteiger partial charge in [0.05, 0.1) is 17.8 Å². The van der Waals surface area contributed by atoms with E-state index in [2.05, 4.69) is 5.32 Å². The van der Waals surface area contributed by atoms with Gasteiger partial charge in [0.25, 0.3) is 5.91 Å². The molecule has 6 nitrogen and oxygen atoms in total. The van der Waals surface area contributed by atoms with E-state index in [9.17, 15) is 19.1 Å². The molecule has 0 radical (unpaired) electrons. The van der Waals surface area contributed by atoms with Gasteiger partial charge in [-0.25, -0.2) is 9.18 Å². The number of para-hydroxylation sites is 1. The number of ether oxygens (including phenoxy) is 1. The minimum atomic E-state index is -1.16. The zero-order valence-corrected chi connectivity index (χ0v) is 17.1. The van der Waals surface area contributed by atoms with E-state index in [1.807, 2.05) is 18.2 Å². The number of hydrogen-bond acceptors (Lipinski definition) is 4. The van der Waals surface area contributed by atoms with Crippen molar-refractivity contribution in [1.29, 1.82) is 0 Å². The second-order valence-corrected chi connectivity index (χ2v) is 7.98. The smallest absolute Gasteiger partial charge is 0.337 e. The lowest BCUT2D eigenvalue weighted by Gasteiger charge is -2.27. The first-order valence-corrected chi connectivity index (χ1v) is 10.5. The van der Waals surface area contributed by atoms with Gasteiger partial charge in [0, 0.05) is 12.2 Å². The number of hydrogen-bond donors (Lipinski definition) is 2.